The summed E-state index contributed by atoms with van der Waals surface area (Å²) in [7, 11) is -1.60. The standard InChI is InChI=1S/C33H26F3N3O4S/c34-33(35,36)26-17-15-25(16-18-26)30-38-28(24-13-11-23(12-14-24)22-9-5-2-6-10-22)29(39-30)31(40)37-27(32(41)42)20-44(43)19-21-7-3-1-4-8-21/h1-18,27H,19-20H2,(H,37,40)(H,38,39)(H,41,42). The molecule has 0 spiro atoms. The Bertz CT molecular complexity index is 1770. The van der Waals surface area contributed by atoms with E-state index >= 15 is 0 Å². The lowest BCUT2D eigenvalue weighted by Gasteiger charge is -2.14. The first-order valence-electron chi connectivity index (χ1n) is 13.4. The zero-order chi connectivity index (χ0) is 31.3. The highest BCUT2D eigenvalue weighted by Crippen LogP contribution is 2.32. The minimum atomic E-state index is -4.52. The molecule has 4 aromatic carbocycles. The second-order valence-corrected chi connectivity index (χ2v) is 11.4. The second kappa shape index (κ2) is 13.1. The number of aromatic amines is 1. The lowest BCUT2D eigenvalue weighted by Crippen LogP contribution is -2.44. The van der Waals surface area contributed by atoms with E-state index in [4.69, 9.17) is 0 Å². The Labute approximate surface area is 253 Å². The number of carboxylic acids is 1. The molecule has 0 fully saturated rings. The molecule has 5 rings (SSSR count). The number of aromatic nitrogens is 2. The van der Waals surface area contributed by atoms with Gasteiger partial charge in [0.1, 0.15) is 23.3 Å². The predicted molar refractivity (Wildman–Crippen MR) is 162 cm³/mol. The van der Waals surface area contributed by atoms with Gasteiger partial charge in [0.05, 0.1) is 11.3 Å². The van der Waals surface area contributed by atoms with Crippen LogP contribution in [0.3, 0.4) is 0 Å². The number of aliphatic carboxylic acids is 1. The number of nitrogens with zero attached hydrogens (tertiary/aromatic N) is 1. The van der Waals surface area contributed by atoms with Gasteiger partial charge in [-0.15, -0.1) is 0 Å². The van der Waals surface area contributed by atoms with Crippen LogP contribution in [-0.4, -0.2) is 43.0 Å². The number of hydrogen-bond donors (Lipinski definition) is 3. The van der Waals surface area contributed by atoms with E-state index in [9.17, 15) is 32.1 Å². The van der Waals surface area contributed by atoms with Crippen molar-refractivity contribution in [3.8, 4) is 33.8 Å². The van der Waals surface area contributed by atoms with Crippen LogP contribution in [0.15, 0.2) is 109 Å². The molecule has 11 heteroatoms. The summed E-state index contributed by atoms with van der Waals surface area (Å²) in [4.78, 5) is 33.0. The third-order valence-electron chi connectivity index (χ3n) is 6.81. The number of carboxylic acid groups (broad SMARTS) is 1. The Balaban J connectivity index is 1.45. The lowest BCUT2D eigenvalue weighted by molar-refractivity contribution is -0.139. The number of imidazole rings is 1. The van der Waals surface area contributed by atoms with Crippen LogP contribution in [0.4, 0.5) is 13.2 Å². The van der Waals surface area contributed by atoms with Gasteiger partial charge in [-0.3, -0.25) is 9.00 Å². The summed E-state index contributed by atoms with van der Waals surface area (Å²) >= 11 is 0. The molecule has 7 nitrogen and oxygen atoms in total. The maximum atomic E-state index is 13.5. The van der Waals surface area contributed by atoms with E-state index in [1.165, 1.54) is 12.1 Å². The minimum absolute atomic E-state index is 0.0903. The first-order chi connectivity index (χ1) is 21.1. The quantitative estimate of drug-likeness (QED) is 0.164. The summed E-state index contributed by atoms with van der Waals surface area (Å²) in [6.45, 7) is 0. The van der Waals surface area contributed by atoms with Gasteiger partial charge in [-0.25, -0.2) is 9.78 Å². The van der Waals surface area contributed by atoms with E-state index in [-0.39, 0.29) is 34.3 Å². The van der Waals surface area contributed by atoms with Crippen LogP contribution in [0.1, 0.15) is 21.6 Å². The molecular formula is C33H26F3N3O4S. The second-order valence-electron chi connectivity index (χ2n) is 9.93. The third-order valence-corrected chi connectivity index (χ3v) is 8.17. The number of halogens is 3. The number of benzene rings is 4. The molecule has 0 aliphatic heterocycles. The molecular weight excluding hydrogens is 591 g/mol. The van der Waals surface area contributed by atoms with Gasteiger partial charge in [0.15, 0.2) is 0 Å². The van der Waals surface area contributed by atoms with E-state index < -0.39 is 40.5 Å². The highest BCUT2D eigenvalue weighted by molar-refractivity contribution is 7.84. The molecule has 1 amide bonds. The molecule has 224 valence electrons. The Hall–Kier alpha value is -5.03. The Morgan fingerprint density at radius 2 is 1.34 bits per heavy atom. The lowest BCUT2D eigenvalue weighted by atomic mass is 10.0. The summed E-state index contributed by atoms with van der Waals surface area (Å²) in [5.41, 5.74) is 2.69. The predicted octanol–water partition coefficient (Wildman–Crippen LogP) is 6.56. The Morgan fingerprint density at radius 3 is 1.93 bits per heavy atom. The number of alkyl halides is 3. The molecule has 1 aromatic heterocycles. The van der Waals surface area contributed by atoms with Crippen molar-refractivity contribution in [3.63, 3.8) is 0 Å². The van der Waals surface area contributed by atoms with Crippen LogP contribution in [0.5, 0.6) is 0 Å². The van der Waals surface area contributed by atoms with Crippen LogP contribution in [0.25, 0.3) is 33.8 Å². The van der Waals surface area contributed by atoms with Crippen molar-refractivity contribution in [2.75, 3.05) is 5.75 Å². The summed E-state index contributed by atoms with van der Waals surface area (Å²) in [6, 6.07) is 28.5. The fourth-order valence-corrected chi connectivity index (χ4v) is 5.84. The van der Waals surface area contributed by atoms with E-state index in [0.29, 0.717) is 5.56 Å². The van der Waals surface area contributed by atoms with Crippen molar-refractivity contribution in [2.24, 2.45) is 0 Å². The molecule has 3 N–H and O–H groups in total. The number of rotatable bonds is 10. The van der Waals surface area contributed by atoms with Crippen molar-refractivity contribution < 1.29 is 32.1 Å². The van der Waals surface area contributed by atoms with E-state index in [1.54, 1.807) is 36.4 Å². The molecule has 5 aromatic rings. The fraction of sp³-hybridized carbons (Fsp3) is 0.121. The molecule has 1 heterocycles. The molecule has 0 bridgehead atoms. The normalized spacial score (nSPS) is 12.8. The monoisotopic (exact) mass is 617 g/mol. The number of nitrogens with one attached hydrogen (secondary N) is 2. The van der Waals surface area contributed by atoms with Gasteiger partial charge in [-0.1, -0.05) is 97.1 Å². The average molecular weight is 618 g/mol. The minimum Gasteiger partial charge on any atom is -0.480 e. The van der Waals surface area contributed by atoms with Gasteiger partial charge in [0.2, 0.25) is 0 Å². The largest absolute Gasteiger partial charge is 0.480 e. The van der Waals surface area contributed by atoms with E-state index in [0.717, 1.165) is 28.8 Å². The summed E-state index contributed by atoms with van der Waals surface area (Å²) < 4.78 is 52.1. The van der Waals surface area contributed by atoms with Gasteiger partial charge < -0.3 is 15.4 Å². The molecule has 2 unspecified atom stereocenters. The topological polar surface area (TPSA) is 112 Å². The van der Waals surface area contributed by atoms with Gasteiger partial charge in [-0.05, 0) is 28.8 Å². The molecule has 2 atom stereocenters. The van der Waals surface area contributed by atoms with Crippen molar-refractivity contribution in [2.45, 2.75) is 18.0 Å². The van der Waals surface area contributed by atoms with E-state index in [1.807, 2.05) is 48.5 Å². The molecule has 0 saturated heterocycles. The number of H-pyrrole nitrogens is 1. The highest BCUT2D eigenvalue weighted by atomic mass is 32.2. The Morgan fingerprint density at radius 1 is 0.795 bits per heavy atom. The molecule has 0 aliphatic carbocycles. The molecule has 44 heavy (non-hydrogen) atoms. The van der Waals surface area contributed by atoms with Gasteiger partial charge in [0, 0.05) is 27.7 Å². The van der Waals surface area contributed by atoms with Gasteiger partial charge in [0.25, 0.3) is 5.91 Å². The number of hydrogen-bond acceptors (Lipinski definition) is 4. The average Bonchev–Trinajstić information content (AvgIpc) is 3.47. The van der Waals surface area contributed by atoms with Crippen LogP contribution in [-0.2, 0) is 27.5 Å². The van der Waals surface area contributed by atoms with Crippen LogP contribution < -0.4 is 5.32 Å². The summed E-state index contributed by atoms with van der Waals surface area (Å²) in [5, 5.41) is 12.3. The number of carbonyl (C=O) groups excluding carboxylic acids is 1. The highest BCUT2D eigenvalue weighted by Gasteiger charge is 2.31. The van der Waals surface area contributed by atoms with Crippen molar-refractivity contribution in [3.05, 3.63) is 126 Å². The van der Waals surface area contributed by atoms with Crippen LogP contribution in [0.2, 0.25) is 0 Å². The number of carbonyl (C=O) groups is 2. The van der Waals surface area contributed by atoms with Gasteiger partial charge in [-0.2, -0.15) is 13.2 Å². The zero-order valence-corrected chi connectivity index (χ0v) is 23.9. The maximum absolute atomic E-state index is 13.5. The molecule has 0 radical (unpaired) electrons. The first kappa shape index (κ1) is 30.4. The van der Waals surface area contributed by atoms with Crippen molar-refractivity contribution in [1.29, 1.82) is 0 Å². The number of amides is 1. The molecule has 0 aliphatic rings. The zero-order valence-electron chi connectivity index (χ0n) is 23.0. The van der Waals surface area contributed by atoms with Crippen molar-refractivity contribution >= 4 is 22.7 Å². The van der Waals surface area contributed by atoms with E-state index in [2.05, 4.69) is 15.3 Å². The molecule has 0 saturated carbocycles. The SMILES string of the molecule is O=C(NC(CS(=O)Cc1ccccc1)C(=O)O)c1[nH]c(-c2ccc(C(F)(F)F)cc2)nc1-c1ccc(-c2ccccc2)cc1. The summed E-state index contributed by atoms with van der Waals surface area (Å²) in [5.74, 6) is -2.29. The Kier molecular flexibility index (Phi) is 9.05. The summed E-state index contributed by atoms with van der Waals surface area (Å²) in [6.07, 6.45) is -4.52. The van der Waals surface area contributed by atoms with Crippen LogP contribution >= 0.6 is 0 Å². The van der Waals surface area contributed by atoms with Gasteiger partial charge >= 0.3 is 12.1 Å². The first-order valence-corrected chi connectivity index (χ1v) is 14.9. The smallest absolute Gasteiger partial charge is 0.416 e. The fourth-order valence-electron chi connectivity index (χ4n) is 4.56. The van der Waals surface area contributed by atoms with Crippen LogP contribution in [0, 0.1) is 0 Å². The maximum Gasteiger partial charge on any atom is 0.416 e. The third kappa shape index (κ3) is 7.30. The van der Waals surface area contributed by atoms with Crippen molar-refractivity contribution in [1.82, 2.24) is 15.3 Å².